The first-order chi connectivity index (χ1) is 12.2. The van der Waals surface area contributed by atoms with E-state index in [1.54, 1.807) is 31.2 Å². The van der Waals surface area contributed by atoms with Crippen LogP contribution in [-0.2, 0) is 11.0 Å². The molecule has 0 bridgehead atoms. The second kappa shape index (κ2) is 8.31. The van der Waals surface area contributed by atoms with Crippen LogP contribution in [0.3, 0.4) is 0 Å². The molecule has 0 spiro atoms. The van der Waals surface area contributed by atoms with Crippen LogP contribution in [0.25, 0.3) is 0 Å². The van der Waals surface area contributed by atoms with Gasteiger partial charge >= 0.3 is 6.18 Å². The quantitative estimate of drug-likeness (QED) is 0.717. The molecule has 0 radical (unpaired) electrons. The predicted octanol–water partition coefficient (Wildman–Crippen LogP) is 5.20. The Morgan fingerprint density at radius 2 is 1.92 bits per heavy atom. The van der Waals surface area contributed by atoms with Gasteiger partial charge in [-0.25, -0.2) is 0 Å². The molecule has 0 fully saturated rings. The van der Waals surface area contributed by atoms with Gasteiger partial charge in [-0.05, 0) is 44.2 Å². The minimum absolute atomic E-state index is 0.0125. The molecule has 2 aromatic rings. The van der Waals surface area contributed by atoms with Crippen molar-refractivity contribution >= 4 is 28.9 Å². The molecule has 1 amide bonds. The van der Waals surface area contributed by atoms with Gasteiger partial charge in [0.15, 0.2) is 0 Å². The molecule has 0 unspecified atom stereocenters. The highest BCUT2D eigenvalue weighted by atomic mass is 35.5. The van der Waals surface area contributed by atoms with Crippen molar-refractivity contribution in [2.45, 2.75) is 26.1 Å². The molecule has 0 aliphatic heterocycles. The standard InChI is InChI=1S/C18H18ClF3N2O2/c1-3-26-16-7-5-4-6-15(16)23-11(2)17(25)24-12-8-9-14(19)13(10-12)18(20,21)22/h4-11,23H,3H2,1-2H3,(H,24,25)/t11-/m1/s1. The molecule has 140 valence electrons. The van der Waals surface area contributed by atoms with Gasteiger partial charge < -0.3 is 15.4 Å². The van der Waals surface area contributed by atoms with E-state index in [0.717, 1.165) is 12.1 Å². The molecule has 0 saturated carbocycles. The number of carbonyl (C=O) groups is 1. The number of alkyl halides is 3. The summed E-state index contributed by atoms with van der Waals surface area (Å²) < 4.78 is 44.2. The highest BCUT2D eigenvalue weighted by Gasteiger charge is 2.33. The number of ether oxygens (including phenoxy) is 1. The van der Waals surface area contributed by atoms with Gasteiger partial charge in [0.2, 0.25) is 5.91 Å². The molecule has 0 aliphatic rings. The number of para-hydroxylation sites is 2. The van der Waals surface area contributed by atoms with E-state index in [2.05, 4.69) is 10.6 Å². The Hall–Kier alpha value is -2.41. The van der Waals surface area contributed by atoms with Gasteiger partial charge in [0.1, 0.15) is 11.8 Å². The average molecular weight is 387 g/mol. The topological polar surface area (TPSA) is 50.4 Å². The molecule has 4 nitrogen and oxygen atoms in total. The van der Waals surface area contributed by atoms with Crippen LogP contribution >= 0.6 is 11.6 Å². The van der Waals surface area contributed by atoms with E-state index in [-0.39, 0.29) is 5.69 Å². The van der Waals surface area contributed by atoms with Crippen LogP contribution in [0, 0.1) is 0 Å². The SMILES string of the molecule is CCOc1ccccc1N[C@H](C)C(=O)Nc1ccc(Cl)c(C(F)(F)F)c1. The third kappa shape index (κ3) is 5.05. The fourth-order valence-corrected chi connectivity index (χ4v) is 2.46. The lowest BCUT2D eigenvalue weighted by atomic mass is 10.2. The van der Waals surface area contributed by atoms with E-state index < -0.39 is 28.7 Å². The van der Waals surface area contributed by atoms with Crippen LogP contribution in [0.4, 0.5) is 24.5 Å². The Morgan fingerprint density at radius 3 is 2.58 bits per heavy atom. The molecule has 0 aliphatic carbocycles. The average Bonchev–Trinajstić information content (AvgIpc) is 2.57. The van der Waals surface area contributed by atoms with Crippen molar-refractivity contribution in [3.05, 3.63) is 53.1 Å². The summed E-state index contributed by atoms with van der Waals surface area (Å²) in [7, 11) is 0. The summed E-state index contributed by atoms with van der Waals surface area (Å²) in [6, 6.07) is 9.60. The van der Waals surface area contributed by atoms with E-state index in [4.69, 9.17) is 16.3 Å². The number of anilines is 2. The largest absolute Gasteiger partial charge is 0.492 e. The molecule has 1 atom stereocenters. The number of hydrogen-bond acceptors (Lipinski definition) is 3. The lowest BCUT2D eigenvalue weighted by molar-refractivity contribution is -0.137. The summed E-state index contributed by atoms with van der Waals surface area (Å²) >= 11 is 5.58. The predicted molar refractivity (Wildman–Crippen MR) is 95.8 cm³/mol. The number of hydrogen-bond donors (Lipinski definition) is 2. The van der Waals surface area contributed by atoms with Gasteiger partial charge in [0.05, 0.1) is 22.9 Å². The molecule has 26 heavy (non-hydrogen) atoms. The highest BCUT2D eigenvalue weighted by Crippen LogP contribution is 2.36. The third-order valence-corrected chi connectivity index (χ3v) is 3.82. The van der Waals surface area contributed by atoms with Crippen LogP contribution < -0.4 is 15.4 Å². The Morgan fingerprint density at radius 1 is 1.23 bits per heavy atom. The van der Waals surface area contributed by atoms with E-state index >= 15 is 0 Å². The van der Waals surface area contributed by atoms with Crippen molar-refractivity contribution in [1.82, 2.24) is 0 Å². The fourth-order valence-electron chi connectivity index (χ4n) is 2.24. The lowest BCUT2D eigenvalue weighted by Gasteiger charge is -2.18. The Labute approximate surface area is 154 Å². The van der Waals surface area contributed by atoms with Gasteiger partial charge in [-0.1, -0.05) is 23.7 Å². The summed E-state index contributed by atoms with van der Waals surface area (Å²) in [5.74, 6) is 0.0900. The lowest BCUT2D eigenvalue weighted by Crippen LogP contribution is -2.32. The molecular weight excluding hydrogens is 369 g/mol. The number of nitrogens with one attached hydrogen (secondary N) is 2. The molecular formula is C18H18ClF3N2O2. The number of benzene rings is 2. The summed E-state index contributed by atoms with van der Waals surface area (Å²) in [5.41, 5.74) is -0.373. The second-order valence-corrected chi connectivity index (χ2v) is 5.88. The Balaban J connectivity index is 2.11. The molecule has 2 rings (SSSR count). The van der Waals surface area contributed by atoms with E-state index in [1.807, 2.05) is 6.92 Å². The molecule has 0 heterocycles. The number of carbonyl (C=O) groups excluding carboxylic acids is 1. The summed E-state index contributed by atoms with van der Waals surface area (Å²) in [6.07, 6.45) is -4.60. The van der Waals surface area contributed by atoms with Gasteiger partial charge in [0.25, 0.3) is 0 Å². The molecule has 2 N–H and O–H groups in total. The molecule has 2 aromatic carbocycles. The zero-order valence-corrected chi connectivity index (χ0v) is 14.9. The van der Waals surface area contributed by atoms with E-state index in [9.17, 15) is 18.0 Å². The van der Waals surface area contributed by atoms with Crippen LogP contribution in [0.1, 0.15) is 19.4 Å². The fraction of sp³-hybridized carbons (Fsp3) is 0.278. The summed E-state index contributed by atoms with van der Waals surface area (Å²) in [5, 5.41) is 5.01. The minimum Gasteiger partial charge on any atom is -0.492 e. The van der Waals surface area contributed by atoms with Crippen molar-refractivity contribution in [3.63, 3.8) is 0 Å². The smallest absolute Gasteiger partial charge is 0.417 e. The van der Waals surface area contributed by atoms with Crippen LogP contribution in [0.5, 0.6) is 5.75 Å². The van der Waals surface area contributed by atoms with Crippen molar-refractivity contribution in [3.8, 4) is 5.75 Å². The maximum Gasteiger partial charge on any atom is 0.417 e. The van der Waals surface area contributed by atoms with Crippen molar-refractivity contribution in [2.75, 3.05) is 17.2 Å². The van der Waals surface area contributed by atoms with Crippen molar-refractivity contribution < 1.29 is 22.7 Å². The highest BCUT2D eigenvalue weighted by molar-refractivity contribution is 6.31. The van der Waals surface area contributed by atoms with Crippen LogP contribution in [-0.4, -0.2) is 18.6 Å². The number of amides is 1. The Kier molecular flexibility index (Phi) is 6.37. The zero-order valence-electron chi connectivity index (χ0n) is 14.2. The minimum atomic E-state index is -4.60. The summed E-state index contributed by atoms with van der Waals surface area (Å²) in [4.78, 5) is 12.3. The van der Waals surface area contributed by atoms with E-state index in [1.165, 1.54) is 6.07 Å². The number of halogens is 4. The first-order valence-electron chi connectivity index (χ1n) is 7.88. The third-order valence-electron chi connectivity index (χ3n) is 3.49. The van der Waals surface area contributed by atoms with Gasteiger partial charge in [-0.3, -0.25) is 4.79 Å². The molecule has 8 heteroatoms. The van der Waals surface area contributed by atoms with Gasteiger partial charge in [-0.15, -0.1) is 0 Å². The maximum atomic E-state index is 12.9. The first kappa shape index (κ1) is 19.9. The van der Waals surface area contributed by atoms with Crippen molar-refractivity contribution in [1.29, 1.82) is 0 Å². The van der Waals surface area contributed by atoms with Gasteiger partial charge in [-0.2, -0.15) is 13.2 Å². The van der Waals surface area contributed by atoms with Crippen LogP contribution in [0.2, 0.25) is 5.02 Å². The Bertz CT molecular complexity index is 781. The first-order valence-corrected chi connectivity index (χ1v) is 8.26. The molecule has 0 saturated heterocycles. The van der Waals surface area contributed by atoms with Crippen LogP contribution in [0.15, 0.2) is 42.5 Å². The van der Waals surface area contributed by atoms with Gasteiger partial charge in [0, 0.05) is 5.69 Å². The maximum absolute atomic E-state index is 12.9. The normalized spacial score (nSPS) is 12.4. The monoisotopic (exact) mass is 386 g/mol. The zero-order chi connectivity index (χ0) is 19.3. The summed E-state index contributed by atoms with van der Waals surface area (Å²) in [6.45, 7) is 3.90. The number of rotatable bonds is 6. The second-order valence-electron chi connectivity index (χ2n) is 5.48. The van der Waals surface area contributed by atoms with Crippen molar-refractivity contribution in [2.24, 2.45) is 0 Å². The van der Waals surface area contributed by atoms with E-state index in [0.29, 0.717) is 18.0 Å². The molecule has 0 aromatic heterocycles.